The Balaban J connectivity index is 1.72. The number of hydrogen-bond donors (Lipinski definition) is 1. The van der Waals surface area contributed by atoms with Crippen LogP contribution in [0, 0.1) is 0 Å². The number of alkyl halides is 2. The lowest BCUT2D eigenvalue weighted by atomic mass is 9.97. The van der Waals surface area contributed by atoms with Crippen LogP contribution in [-0.2, 0) is 20.2 Å². The maximum Gasteiger partial charge on any atom is 0.306 e. The lowest BCUT2D eigenvalue weighted by Crippen LogP contribution is -2.36. The van der Waals surface area contributed by atoms with Crippen LogP contribution >= 0.6 is 0 Å². The Morgan fingerprint density at radius 1 is 1.19 bits per heavy atom. The largest absolute Gasteiger partial charge is 0.463 e. The molecule has 2 atom stereocenters. The van der Waals surface area contributed by atoms with Gasteiger partial charge in [0, 0.05) is 31.0 Å². The summed E-state index contributed by atoms with van der Waals surface area (Å²) < 4.78 is 34.1. The van der Waals surface area contributed by atoms with Crippen molar-refractivity contribution in [1.82, 2.24) is 4.90 Å². The summed E-state index contributed by atoms with van der Waals surface area (Å²) in [5, 5.41) is 10.1. The number of hydrogen-bond acceptors (Lipinski definition) is 4. The number of carbonyl (C=O) groups is 2. The molecule has 0 radical (unpaired) electrons. The molecular formula is C24H35F2NO4. The Bertz CT molecular complexity index is 696. The number of esters is 1. The molecule has 0 bridgehead atoms. The number of amides is 1. The van der Waals surface area contributed by atoms with Crippen LogP contribution in [0.2, 0.25) is 0 Å². The van der Waals surface area contributed by atoms with Gasteiger partial charge >= 0.3 is 5.97 Å². The van der Waals surface area contributed by atoms with Gasteiger partial charge in [0.05, 0.1) is 6.10 Å². The fourth-order valence-electron chi connectivity index (χ4n) is 4.01. The van der Waals surface area contributed by atoms with Crippen molar-refractivity contribution in [2.24, 2.45) is 0 Å². The molecule has 1 amide bonds. The Morgan fingerprint density at radius 3 is 2.55 bits per heavy atom. The highest BCUT2D eigenvalue weighted by Crippen LogP contribution is 2.35. The van der Waals surface area contributed by atoms with Gasteiger partial charge in [0.15, 0.2) is 0 Å². The minimum absolute atomic E-state index is 0.0508. The molecule has 174 valence electrons. The molecule has 31 heavy (non-hydrogen) atoms. The number of carbonyl (C=O) groups excluding carboxylic acids is 2. The fourth-order valence-corrected chi connectivity index (χ4v) is 4.01. The van der Waals surface area contributed by atoms with E-state index >= 15 is 0 Å². The summed E-state index contributed by atoms with van der Waals surface area (Å²) in [5.41, 5.74) is -0.195. The topological polar surface area (TPSA) is 66.8 Å². The van der Waals surface area contributed by atoms with Crippen molar-refractivity contribution in [3.63, 3.8) is 0 Å². The summed E-state index contributed by atoms with van der Waals surface area (Å²) >= 11 is 0. The van der Waals surface area contributed by atoms with E-state index < -0.39 is 12.0 Å². The van der Waals surface area contributed by atoms with Gasteiger partial charge in [-0.05, 0) is 46.0 Å². The minimum Gasteiger partial charge on any atom is -0.463 e. The van der Waals surface area contributed by atoms with Gasteiger partial charge in [0.1, 0.15) is 6.10 Å². The molecule has 5 nitrogen and oxygen atoms in total. The molecule has 0 aromatic heterocycles. The molecule has 7 heteroatoms. The van der Waals surface area contributed by atoms with Gasteiger partial charge in [0.2, 0.25) is 5.91 Å². The Morgan fingerprint density at radius 2 is 1.87 bits per heavy atom. The lowest BCUT2D eigenvalue weighted by Gasteiger charge is -2.28. The molecule has 1 fully saturated rings. The molecule has 1 N–H and O–H groups in total. The third-order valence-electron chi connectivity index (χ3n) is 5.70. The van der Waals surface area contributed by atoms with Crippen molar-refractivity contribution in [1.29, 1.82) is 0 Å². The normalized spacial score (nSPS) is 17.9. The van der Waals surface area contributed by atoms with Gasteiger partial charge in [-0.3, -0.25) is 9.59 Å². The third-order valence-corrected chi connectivity index (χ3v) is 5.70. The van der Waals surface area contributed by atoms with Gasteiger partial charge in [-0.15, -0.1) is 0 Å². The highest BCUT2D eigenvalue weighted by atomic mass is 19.3. The summed E-state index contributed by atoms with van der Waals surface area (Å²) in [7, 11) is 0. The molecule has 1 aromatic rings. The van der Waals surface area contributed by atoms with Crippen molar-refractivity contribution in [2.75, 3.05) is 6.54 Å². The van der Waals surface area contributed by atoms with Gasteiger partial charge in [-0.2, -0.15) is 8.78 Å². The number of nitrogens with zero attached hydrogens (tertiary/aromatic N) is 1. The van der Waals surface area contributed by atoms with Crippen molar-refractivity contribution < 1.29 is 28.2 Å². The zero-order valence-electron chi connectivity index (χ0n) is 18.6. The first-order chi connectivity index (χ1) is 14.7. The molecule has 1 aliphatic rings. The van der Waals surface area contributed by atoms with Gasteiger partial charge in [0.25, 0.3) is 5.92 Å². The van der Waals surface area contributed by atoms with E-state index in [1.165, 1.54) is 24.3 Å². The van der Waals surface area contributed by atoms with Gasteiger partial charge < -0.3 is 14.7 Å². The highest BCUT2D eigenvalue weighted by Gasteiger charge is 2.41. The molecule has 2 rings (SSSR count). The molecule has 1 saturated heterocycles. The first kappa shape index (κ1) is 25.2. The SMILES string of the molecule is CC(C)OC(=O)CCCCCCN1C(=O)CCC1CCC(O)C(F)(F)c1ccccc1. The average molecular weight is 440 g/mol. The monoisotopic (exact) mass is 439 g/mol. The van der Waals surface area contributed by atoms with E-state index in [9.17, 15) is 23.5 Å². The Kier molecular flexibility index (Phi) is 9.88. The second-order valence-electron chi connectivity index (χ2n) is 8.56. The number of ether oxygens (including phenoxy) is 1. The Labute approximate surface area is 183 Å². The summed E-state index contributed by atoms with van der Waals surface area (Å²) in [6.07, 6.45) is 3.22. The predicted molar refractivity (Wildman–Crippen MR) is 115 cm³/mol. The summed E-state index contributed by atoms with van der Waals surface area (Å²) in [5.74, 6) is -3.45. The zero-order chi connectivity index (χ0) is 22.9. The number of rotatable bonds is 13. The third kappa shape index (κ3) is 7.87. The summed E-state index contributed by atoms with van der Waals surface area (Å²) in [4.78, 5) is 25.5. The van der Waals surface area contributed by atoms with E-state index in [0.717, 1.165) is 25.7 Å². The number of halogens is 2. The molecule has 0 aliphatic carbocycles. The van der Waals surface area contributed by atoms with E-state index in [1.54, 1.807) is 11.0 Å². The van der Waals surface area contributed by atoms with Crippen molar-refractivity contribution in [3.8, 4) is 0 Å². The zero-order valence-corrected chi connectivity index (χ0v) is 18.6. The van der Waals surface area contributed by atoms with Crippen LogP contribution in [0.1, 0.15) is 77.2 Å². The molecule has 1 heterocycles. The van der Waals surface area contributed by atoms with E-state index in [-0.39, 0.29) is 36.0 Å². The van der Waals surface area contributed by atoms with Crippen LogP contribution in [0.5, 0.6) is 0 Å². The van der Waals surface area contributed by atoms with Crippen LogP contribution in [0.3, 0.4) is 0 Å². The fraction of sp³-hybridized carbons (Fsp3) is 0.667. The molecule has 2 unspecified atom stereocenters. The molecule has 1 aromatic carbocycles. The molecule has 0 spiro atoms. The van der Waals surface area contributed by atoms with Gasteiger partial charge in [-0.1, -0.05) is 43.2 Å². The van der Waals surface area contributed by atoms with Crippen molar-refractivity contribution in [2.45, 2.75) is 95.8 Å². The number of unbranched alkanes of at least 4 members (excludes halogenated alkanes) is 3. The number of benzene rings is 1. The summed E-state index contributed by atoms with van der Waals surface area (Å²) in [6, 6.07) is 7.25. The maximum absolute atomic E-state index is 14.5. The quantitative estimate of drug-likeness (QED) is 0.354. The van der Waals surface area contributed by atoms with Crippen LogP contribution in [0.25, 0.3) is 0 Å². The van der Waals surface area contributed by atoms with Crippen molar-refractivity contribution >= 4 is 11.9 Å². The first-order valence-electron chi connectivity index (χ1n) is 11.3. The van der Waals surface area contributed by atoms with Crippen LogP contribution in [-0.4, -0.2) is 46.7 Å². The van der Waals surface area contributed by atoms with E-state index in [0.29, 0.717) is 32.2 Å². The second-order valence-corrected chi connectivity index (χ2v) is 8.56. The van der Waals surface area contributed by atoms with Crippen LogP contribution in [0.4, 0.5) is 8.78 Å². The average Bonchev–Trinajstić information content (AvgIpc) is 3.08. The standard InChI is InChI=1S/C24H35F2NO4/c1-18(2)31-23(30)12-8-3-4-9-17-27-20(14-16-22(27)29)13-15-21(28)24(25,26)19-10-6-5-7-11-19/h5-7,10-11,18,20-21,28H,3-4,8-9,12-17H2,1-2H3. The minimum atomic E-state index is -3.31. The molecule has 0 saturated carbocycles. The molecule has 1 aliphatic heterocycles. The smallest absolute Gasteiger partial charge is 0.306 e. The number of aliphatic hydroxyl groups is 1. The molecular weight excluding hydrogens is 404 g/mol. The maximum atomic E-state index is 14.5. The Hall–Kier alpha value is -2.02. The lowest BCUT2D eigenvalue weighted by molar-refractivity contribution is -0.147. The highest BCUT2D eigenvalue weighted by molar-refractivity contribution is 5.78. The van der Waals surface area contributed by atoms with Gasteiger partial charge in [-0.25, -0.2) is 0 Å². The first-order valence-corrected chi connectivity index (χ1v) is 11.3. The predicted octanol–water partition coefficient (Wildman–Crippen LogP) is 4.81. The number of likely N-dealkylation sites (tertiary alicyclic amines) is 1. The van der Waals surface area contributed by atoms with Crippen LogP contribution < -0.4 is 0 Å². The van der Waals surface area contributed by atoms with Crippen LogP contribution in [0.15, 0.2) is 30.3 Å². The number of aliphatic hydroxyl groups excluding tert-OH is 1. The second kappa shape index (κ2) is 12.1. The van der Waals surface area contributed by atoms with E-state index in [1.807, 2.05) is 13.8 Å². The summed E-state index contributed by atoms with van der Waals surface area (Å²) in [6.45, 7) is 4.23. The van der Waals surface area contributed by atoms with E-state index in [4.69, 9.17) is 4.74 Å². The van der Waals surface area contributed by atoms with Crippen molar-refractivity contribution in [3.05, 3.63) is 35.9 Å². The van der Waals surface area contributed by atoms with E-state index in [2.05, 4.69) is 0 Å².